The number of nitrogens with one attached hydrogen (secondary N) is 1. The smallest absolute Gasteiger partial charge is 0.349 e. The van der Waals surface area contributed by atoms with Crippen molar-refractivity contribution in [1.29, 1.82) is 5.26 Å². The molecule has 0 bridgehead atoms. The zero-order chi connectivity index (χ0) is 22.3. The Balaban J connectivity index is 2.06. The van der Waals surface area contributed by atoms with Crippen LogP contribution in [0.25, 0.3) is 6.08 Å². The molecule has 9 nitrogen and oxygen atoms in total. The largest absolute Gasteiger partial charge is 0.497 e. The molecule has 0 spiro atoms. The van der Waals surface area contributed by atoms with Crippen LogP contribution in [0.4, 0.5) is 11.4 Å². The number of ether oxygens (including phenoxy) is 2. The fourth-order valence-electron chi connectivity index (χ4n) is 2.23. The van der Waals surface area contributed by atoms with E-state index in [0.29, 0.717) is 11.3 Å². The number of halogens is 1. The number of rotatable bonds is 7. The standard InChI is InChI=1S/C20H16ClN3O6/c1-12(19(25)23-18-8-5-15(24(27)28)10-17(18)21)30-20(26)14(11-22)9-13-3-6-16(29-2)7-4-13/h3-10,12H,1-2H3,(H,23,25)/b14-9+. The Labute approximate surface area is 176 Å². The van der Waals surface area contributed by atoms with E-state index < -0.39 is 22.9 Å². The maximum atomic E-state index is 12.3. The SMILES string of the molecule is COc1ccc(/C=C(\C#N)C(=O)OC(C)C(=O)Nc2ccc([N+](=O)[O-])cc2Cl)cc1. The normalized spacial score (nSPS) is 11.7. The molecule has 2 aromatic carbocycles. The summed E-state index contributed by atoms with van der Waals surface area (Å²) in [6.45, 7) is 1.31. The van der Waals surface area contributed by atoms with Crippen molar-refractivity contribution in [1.82, 2.24) is 0 Å². The van der Waals surface area contributed by atoms with Crippen LogP contribution in [0.5, 0.6) is 5.75 Å². The van der Waals surface area contributed by atoms with Crippen molar-refractivity contribution in [3.05, 3.63) is 68.7 Å². The number of hydrogen-bond donors (Lipinski definition) is 1. The molecule has 0 aliphatic rings. The van der Waals surface area contributed by atoms with Gasteiger partial charge < -0.3 is 14.8 Å². The van der Waals surface area contributed by atoms with Crippen molar-refractivity contribution < 1.29 is 24.0 Å². The van der Waals surface area contributed by atoms with Crippen molar-refractivity contribution in [2.75, 3.05) is 12.4 Å². The lowest BCUT2D eigenvalue weighted by Gasteiger charge is -2.14. The number of benzene rings is 2. The highest BCUT2D eigenvalue weighted by Crippen LogP contribution is 2.26. The number of nitro groups is 1. The van der Waals surface area contributed by atoms with Crippen LogP contribution in [-0.4, -0.2) is 30.0 Å². The molecule has 10 heteroatoms. The van der Waals surface area contributed by atoms with Crippen molar-refractivity contribution in [3.63, 3.8) is 0 Å². The second-order valence-electron chi connectivity index (χ2n) is 5.90. The maximum Gasteiger partial charge on any atom is 0.349 e. The average molecular weight is 430 g/mol. The number of nitro benzene ring substituents is 1. The predicted octanol–water partition coefficient (Wildman–Crippen LogP) is 3.73. The molecular weight excluding hydrogens is 414 g/mol. The van der Waals surface area contributed by atoms with Gasteiger partial charge in [0.15, 0.2) is 6.10 Å². The summed E-state index contributed by atoms with van der Waals surface area (Å²) in [5.74, 6) is -1.09. The lowest BCUT2D eigenvalue weighted by Crippen LogP contribution is -2.30. The fourth-order valence-corrected chi connectivity index (χ4v) is 2.46. The van der Waals surface area contributed by atoms with E-state index in [1.54, 1.807) is 30.3 Å². The predicted molar refractivity (Wildman–Crippen MR) is 109 cm³/mol. The van der Waals surface area contributed by atoms with Crippen LogP contribution in [0.1, 0.15) is 12.5 Å². The Morgan fingerprint density at radius 2 is 1.93 bits per heavy atom. The highest BCUT2D eigenvalue weighted by Gasteiger charge is 2.22. The number of amides is 1. The summed E-state index contributed by atoms with van der Waals surface area (Å²) in [5, 5.41) is 22.3. The van der Waals surface area contributed by atoms with Crippen molar-refractivity contribution >= 4 is 40.9 Å². The molecule has 0 saturated heterocycles. The van der Waals surface area contributed by atoms with Gasteiger partial charge in [-0.25, -0.2) is 4.79 Å². The maximum absolute atomic E-state index is 12.3. The Morgan fingerprint density at radius 1 is 1.27 bits per heavy atom. The van der Waals surface area contributed by atoms with Crippen molar-refractivity contribution in [2.45, 2.75) is 13.0 Å². The second kappa shape index (κ2) is 10.0. The third-order valence-corrected chi connectivity index (χ3v) is 4.15. The number of nitrogens with zero attached hydrogens (tertiary/aromatic N) is 2. The zero-order valence-corrected chi connectivity index (χ0v) is 16.7. The van der Waals surface area contributed by atoms with E-state index in [4.69, 9.17) is 21.1 Å². The van der Waals surface area contributed by atoms with Crippen molar-refractivity contribution in [3.8, 4) is 11.8 Å². The molecule has 0 fully saturated rings. The van der Waals surface area contributed by atoms with Gasteiger partial charge in [0.2, 0.25) is 0 Å². The number of carbonyl (C=O) groups is 2. The van der Waals surface area contributed by atoms with Gasteiger partial charge in [0, 0.05) is 12.1 Å². The first-order valence-electron chi connectivity index (χ1n) is 8.46. The molecular formula is C20H16ClN3O6. The first kappa shape index (κ1) is 22.4. The molecule has 30 heavy (non-hydrogen) atoms. The zero-order valence-electron chi connectivity index (χ0n) is 15.9. The van der Waals surface area contributed by atoms with E-state index in [-0.39, 0.29) is 22.0 Å². The molecule has 0 heterocycles. The Kier molecular flexibility index (Phi) is 7.50. The number of hydrogen-bond acceptors (Lipinski definition) is 7. The van der Waals surface area contributed by atoms with Gasteiger partial charge >= 0.3 is 5.97 Å². The summed E-state index contributed by atoms with van der Waals surface area (Å²) in [6.07, 6.45) is 0.0657. The van der Waals surface area contributed by atoms with Crippen LogP contribution in [0.3, 0.4) is 0 Å². The van der Waals surface area contributed by atoms with E-state index >= 15 is 0 Å². The summed E-state index contributed by atoms with van der Waals surface area (Å²) < 4.78 is 10.1. The van der Waals surface area contributed by atoms with Crippen LogP contribution in [0.15, 0.2) is 48.0 Å². The van der Waals surface area contributed by atoms with E-state index in [1.165, 1.54) is 32.2 Å². The topological polar surface area (TPSA) is 132 Å². The third kappa shape index (κ3) is 5.80. The number of nitriles is 1. The molecule has 0 radical (unpaired) electrons. The molecule has 0 aliphatic heterocycles. The summed E-state index contributed by atoms with van der Waals surface area (Å²) >= 11 is 5.92. The molecule has 0 saturated carbocycles. The monoisotopic (exact) mass is 429 g/mol. The number of esters is 1. The van der Waals surface area contributed by atoms with Gasteiger partial charge in [-0.2, -0.15) is 5.26 Å². The minimum atomic E-state index is -1.25. The van der Waals surface area contributed by atoms with Crippen LogP contribution in [0, 0.1) is 21.4 Å². The molecule has 2 aromatic rings. The number of anilines is 1. The van der Waals surface area contributed by atoms with Gasteiger partial charge in [-0.1, -0.05) is 23.7 Å². The summed E-state index contributed by atoms with van der Waals surface area (Å²) in [6, 6.07) is 11.9. The quantitative estimate of drug-likeness (QED) is 0.233. The fraction of sp³-hybridized carbons (Fsp3) is 0.150. The van der Waals surface area contributed by atoms with Gasteiger partial charge in [-0.05, 0) is 36.8 Å². The summed E-state index contributed by atoms with van der Waals surface area (Å²) in [7, 11) is 1.51. The van der Waals surface area contributed by atoms with Gasteiger partial charge in [-0.3, -0.25) is 14.9 Å². The Morgan fingerprint density at radius 3 is 2.47 bits per heavy atom. The van der Waals surface area contributed by atoms with E-state index in [9.17, 15) is 25.0 Å². The highest BCUT2D eigenvalue weighted by molar-refractivity contribution is 6.34. The minimum Gasteiger partial charge on any atom is -0.497 e. The second-order valence-corrected chi connectivity index (χ2v) is 6.31. The van der Waals surface area contributed by atoms with Gasteiger partial charge in [0.25, 0.3) is 11.6 Å². The number of methoxy groups -OCH3 is 1. The van der Waals surface area contributed by atoms with E-state index in [0.717, 1.165) is 6.07 Å². The molecule has 1 N–H and O–H groups in total. The van der Waals surface area contributed by atoms with Gasteiger partial charge in [-0.15, -0.1) is 0 Å². The lowest BCUT2D eigenvalue weighted by atomic mass is 10.1. The first-order chi connectivity index (χ1) is 14.2. The third-order valence-electron chi connectivity index (χ3n) is 3.84. The summed E-state index contributed by atoms with van der Waals surface area (Å²) in [5.41, 5.74) is 0.150. The van der Waals surface area contributed by atoms with Crippen LogP contribution in [0.2, 0.25) is 5.02 Å². The molecule has 1 unspecified atom stereocenters. The Hall–Kier alpha value is -3.90. The molecule has 2 rings (SSSR count). The lowest BCUT2D eigenvalue weighted by molar-refractivity contribution is -0.384. The first-order valence-corrected chi connectivity index (χ1v) is 8.84. The molecule has 1 atom stereocenters. The van der Waals surface area contributed by atoms with Gasteiger partial charge in [0.05, 0.1) is 22.7 Å². The number of carbonyl (C=O) groups excluding carboxylic acids is 2. The highest BCUT2D eigenvalue weighted by atomic mass is 35.5. The Bertz CT molecular complexity index is 1040. The molecule has 0 aliphatic carbocycles. The van der Waals surface area contributed by atoms with Crippen molar-refractivity contribution in [2.24, 2.45) is 0 Å². The van der Waals surface area contributed by atoms with Gasteiger partial charge in [0.1, 0.15) is 17.4 Å². The van der Waals surface area contributed by atoms with E-state index in [2.05, 4.69) is 5.32 Å². The van der Waals surface area contributed by atoms with E-state index in [1.807, 2.05) is 0 Å². The molecule has 1 amide bonds. The number of non-ortho nitro benzene ring substituents is 1. The average Bonchev–Trinajstić information content (AvgIpc) is 2.73. The summed E-state index contributed by atoms with van der Waals surface area (Å²) in [4.78, 5) is 34.6. The van der Waals surface area contributed by atoms with Crippen LogP contribution >= 0.6 is 11.6 Å². The van der Waals surface area contributed by atoms with Crippen LogP contribution < -0.4 is 10.1 Å². The minimum absolute atomic E-state index is 0.0480. The molecule has 154 valence electrons. The van der Waals surface area contributed by atoms with Crippen LogP contribution in [-0.2, 0) is 14.3 Å². The molecule has 0 aromatic heterocycles.